The predicted octanol–water partition coefficient (Wildman–Crippen LogP) is 4.25. The van der Waals surface area contributed by atoms with E-state index in [0.29, 0.717) is 40.1 Å². The molecule has 0 amide bonds. The van der Waals surface area contributed by atoms with E-state index in [1.54, 1.807) is 43.5 Å². The smallest absolute Gasteiger partial charge is 0.198 e. The lowest BCUT2D eigenvalue weighted by molar-refractivity contribution is 0.103. The molecule has 2 aromatic rings. The Balaban J connectivity index is 2.30. The number of para-hydroxylation sites is 1. The third-order valence-electron chi connectivity index (χ3n) is 2.85. The van der Waals surface area contributed by atoms with Crippen LogP contribution in [0.3, 0.4) is 0 Å². The van der Waals surface area contributed by atoms with Gasteiger partial charge in [-0.2, -0.15) is 0 Å². The van der Waals surface area contributed by atoms with Crippen LogP contribution in [0.2, 0.25) is 10.0 Å². The highest BCUT2D eigenvalue weighted by Gasteiger charge is 2.17. The lowest BCUT2D eigenvalue weighted by Gasteiger charge is -2.11. The summed E-state index contributed by atoms with van der Waals surface area (Å²) in [6, 6.07) is 11.8. The van der Waals surface area contributed by atoms with E-state index in [-0.39, 0.29) is 5.78 Å². The summed E-state index contributed by atoms with van der Waals surface area (Å²) < 4.78 is 10.5. The van der Waals surface area contributed by atoms with Crippen molar-refractivity contribution in [1.82, 2.24) is 0 Å². The molecule has 0 aliphatic carbocycles. The molecule has 3 nitrogen and oxygen atoms in total. The van der Waals surface area contributed by atoms with Crippen LogP contribution < -0.4 is 4.74 Å². The summed E-state index contributed by atoms with van der Waals surface area (Å²) in [6.07, 6.45) is 0. The molecule has 0 aromatic heterocycles. The van der Waals surface area contributed by atoms with Crippen LogP contribution in [0.1, 0.15) is 15.9 Å². The molecule has 0 unspecified atom stereocenters. The maximum Gasteiger partial charge on any atom is 0.198 e. The van der Waals surface area contributed by atoms with Gasteiger partial charge in [0.25, 0.3) is 0 Å². The molecule has 0 radical (unpaired) electrons. The van der Waals surface area contributed by atoms with Crippen LogP contribution in [-0.2, 0) is 4.74 Å². The van der Waals surface area contributed by atoms with Crippen molar-refractivity contribution in [2.75, 3.05) is 20.3 Å². The van der Waals surface area contributed by atoms with E-state index in [0.717, 1.165) is 0 Å². The van der Waals surface area contributed by atoms with Crippen molar-refractivity contribution >= 4 is 29.0 Å². The second kappa shape index (κ2) is 7.46. The predicted molar refractivity (Wildman–Crippen MR) is 83.7 cm³/mol. The number of methoxy groups -OCH3 is 1. The maximum absolute atomic E-state index is 12.6. The van der Waals surface area contributed by atoms with Gasteiger partial charge >= 0.3 is 0 Å². The van der Waals surface area contributed by atoms with E-state index in [2.05, 4.69) is 0 Å². The molecule has 0 N–H and O–H groups in total. The zero-order chi connectivity index (χ0) is 15.2. The zero-order valence-corrected chi connectivity index (χ0v) is 12.9. The molecular formula is C16H14Cl2O3. The molecule has 0 heterocycles. The summed E-state index contributed by atoms with van der Waals surface area (Å²) in [4.78, 5) is 12.6. The van der Waals surface area contributed by atoms with Gasteiger partial charge in [0.05, 0.1) is 17.2 Å². The van der Waals surface area contributed by atoms with Crippen molar-refractivity contribution in [2.24, 2.45) is 0 Å². The number of carbonyl (C=O) groups is 1. The number of halogens is 2. The van der Waals surface area contributed by atoms with Crippen LogP contribution in [-0.4, -0.2) is 26.1 Å². The van der Waals surface area contributed by atoms with Gasteiger partial charge < -0.3 is 9.47 Å². The van der Waals surface area contributed by atoms with E-state index in [1.165, 1.54) is 0 Å². The summed E-state index contributed by atoms with van der Waals surface area (Å²) in [5.74, 6) is 0.301. The van der Waals surface area contributed by atoms with E-state index >= 15 is 0 Å². The van der Waals surface area contributed by atoms with Crippen molar-refractivity contribution in [3.8, 4) is 5.75 Å². The summed E-state index contributed by atoms with van der Waals surface area (Å²) in [5.41, 5.74) is 0.849. The Morgan fingerprint density at radius 3 is 2.52 bits per heavy atom. The van der Waals surface area contributed by atoms with E-state index in [9.17, 15) is 4.79 Å². The number of carbonyl (C=O) groups excluding carboxylic acids is 1. The standard InChI is InChI=1S/C16H14Cl2O3/c1-20-8-9-21-15-5-3-2-4-13(15)16(19)12-7-6-11(17)10-14(12)18/h2-7,10H,8-9H2,1H3. The molecule has 0 saturated heterocycles. The molecular weight excluding hydrogens is 311 g/mol. The first kappa shape index (κ1) is 15.8. The van der Waals surface area contributed by atoms with Gasteiger partial charge in [-0.25, -0.2) is 0 Å². The molecule has 2 rings (SSSR count). The SMILES string of the molecule is COCCOc1ccccc1C(=O)c1ccc(Cl)cc1Cl. The summed E-state index contributed by atoms with van der Waals surface area (Å²) in [5, 5.41) is 0.806. The van der Waals surface area contributed by atoms with E-state index in [1.807, 2.05) is 6.07 Å². The fourth-order valence-electron chi connectivity index (χ4n) is 1.83. The van der Waals surface area contributed by atoms with Crippen LogP contribution in [0.5, 0.6) is 5.75 Å². The van der Waals surface area contributed by atoms with Crippen LogP contribution in [0.25, 0.3) is 0 Å². The Bertz CT molecular complexity index is 641. The van der Waals surface area contributed by atoms with Crippen LogP contribution in [0.4, 0.5) is 0 Å². The molecule has 0 fully saturated rings. The fraction of sp³-hybridized carbons (Fsp3) is 0.188. The zero-order valence-electron chi connectivity index (χ0n) is 11.4. The van der Waals surface area contributed by atoms with Gasteiger partial charge in [0.15, 0.2) is 5.78 Å². The molecule has 0 bridgehead atoms. The highest BCUT2D eigenvalue weighted by molar-refractivity contribution is 6.37. The third-order valence-corrected chi connectivity index (χ3v) is 3.40. The molecule has 0 aliphatic rings. The summed E-state index contributed by atoms with van der Waals surface area (Å²) >= 11 is 11.9. The van der Waals surface area contributed by atoms with Crippen LogP contribution >= 0.6 is 23.2 Å². The largest absolute Gasteiger partial charge is 0.490 e. The normalized spacial score (nSPS) is 10.4. The Labute approximate surface area is 133 Å². The number of hydrogen-bond donors (Lipinski definition) is 0. The van der Waals surface area contributed by atoms with Gasteiger partial charge in [0.1, 0.15) is 12.4 Å². The topological polar surface area (TPSA) is 35.5 Å². The molecule has 21 heavy (non-hydrogen) atoms. The lowest BCUT2D eigenvalue weighted by Crippen LogP contribution is -2.09. The van der Waals surface area contributed by atoms with Crippen LogP contribution in [0.15, 0.2) is 42.5 Å². The molecule has 2 aromatic carbocycles. The maximum atomic E-state index is 12.6. The number of hydrogen-bond acceptors (Lipinski definition) is 3. The average Bonchev–Trinajstić information content (AvgIpc) is 2.47. The van der Waals surface area contributed by atoms with Crippen molar-refractivity contribution < 1.29 is 14.3 Å². The highest BCUT2D eigenvalue weighted by Crippen LogP contribution is 2.27. The quantitative estimate of drug-likeness (QED) is 0.588. The Hall–Kier alpha value is -1.55. The first-order valence-electron chi connectivity index (χ1n) is 6.34. The van der Waals surface area contributed by atoms with Gasteiger partial charge in [-0.1, -0.05) is 35.3 Å². The minimum absolute atomic E-state index is 0.204. The average molecular weight is 325 g/mol. The number of benzene rings is 2. The highest BCUT2D eigenvalue weighted by atomic mass is 35.5. The minimum Gasteiger partial charge on any atom is -0.490 e. The number of ketones is 1. The molecule has 110 valence electrons. The van der Waals surface area contributed by atoms with Gasteiger partial charge in [-0.05, 0) is 30.3 Å². The molecule has 0 aliphatic heterocycles. The van der Waals surface area contributed by atoms with Crippen molar-refractivity contribution in [1.29, 1.82) is 0 Å². The Morgan fingerprint density at radius 1 is 1.05 bits per heavy atom. The second-order valence-electron chi connectivity index (χ2n) is 4.29. The first-order valence-corrected chi connectivity index (χ1v) is 7.09. The summed E-state index contributed by atoms with van der Waals surface area (Å²) in [6.45, 7) is 0.819. The van der Waals surface area contributed by atoms with Crippen molar-refractivity contribution in [3.63, 3.8) is 0 Å². The number of ether oxygens (including phenoxy) is 2. The fourth-order valence-corrected chi connectivity index (χ4v) is 2.33. The van der Waals surface area contributed by atoms with E-state index in [4.69, 9.17) is 32.7 Å². The van der Waals surface area contributed by atoms with Gasteiger partial charge in [-0.15, -0.1) is 0 Å². The van der Waals surface area contributed by atoms with E-state index < -0.39 is 0 Å². The van der Waals surface area contributed by atoms with Crippen molar-refractivity contribution in [2.45, 2.75) is 0 Å². The molecule has 0 atom stereocenters. The van der Waals surface area contributed by atoms with Gasteiger partial charge in [0.2, 0.25) is 0 Å². The van der Waals surface area contributed by atoms with Crippen LogP contribution in [0, 0.1) is 0 Å². The first-order chi connectivity index (χ1) is 10.1. The summed E-state index contributed by atoms with van der Waals surface area (Å²) in [7, 11) is 1.59. The molecule has 5 heteroatoms. The number of rotatable bonds is 6. The monoisotopic (exact) mass is 324 g/mol. The lowest BCUT2D eigenvalue weighted by atomic mass is 10.0. The minimum atomic E-state index is -0.204. The van der Waals surface area contributed by atoms with Crippen molar-refractivity contribution in [3.05, 3.63) is 63.6 Å². The Kier molecular flexibility index (Phi) is 5.62. The van der Waals surface area contributed by atoms with Gasteiger partial charge in [0, 0.05) is 17.7 Å². The van der Waals surface area contributed by atoms with Gasteiger partial charge in [-0.3, -0.25) is 4.79 Å². The molecule has 0 spiro atoms. The Morgan fingerprint density at radius 2 is 1.81 bits per heavy atom. The second-order valence-corrected chi connectivity index (χ2v) is 5.13. The third kappa shape index (κ3) is 3.97. The molecule has 0 saturated carbocycles.